The van der Waals surface area contributed by atoms with E-state index >= 15 is 0 Å². The molecule has 3 heteroatoms. The van der Waals surface area contributed by atoms with Crippen LogP contribution in [0, 0.1) is 5.82 Å². The first kappa shape index (κ1) is 11.7. The maximum Gasteiger partial charge on any atom is 0.127 e. The van der Waals surface area contributed by atoms with Gasteiger partial charge in [-0.2, -0.15) is 0 Å². The summed E-state index contributed by atoms with van der Waals surface area (Å²) in [7, 11) is 0. The van der Waals surface area contributed by atoms with Gasteiger partial charge in [0, 0.05) is 17.7 Å². The first-order valence-corrected chi connectivity index (χ1v) is 4.94. The van der Waals surface area contributed by atoms with Gasteiger partial charge >= 0.3 is 0 Å². The fourth-order valence-corrected chi connectivity index (χ4v) is 1.24. The largest absolute Gasteiger partial charge is 0.489 e. The highest BCUT2D eigenvalue weighted by Crippen LogP contribution is 2.24. The minimum absolute atomic E-state index is 0.161. The van der Waals surface area contributed by atoms with Gasteiger partial charge in [-0.3, -0.25) is 0 Å². The highest BCUT2D eigenvalue weighted by atomic mass is 19.1. The zero-order chi connectivity index (χ0) is 11.3. The van der Waals surface area contributed by atoms with E-state index in [-0.39, 0.29) is 11.9 Å². The summed E-state index contributed by atoms with van der Waals surface area (Å²) in [5, 5.41) is 0. The standard InChI is InChI=1S/C12H16FNO/c1-3-4-7-15-12-8-10(13)5-6-11(12)9(2)14/h3-6,8-9H,7,14H2,1-2H3. The number of allylic oxidation sites excluding steroid dienone is 1. The molecule has 1 rings (SSSR count). The molecule has 82 valence electrons. The van der Waals surface area contributed by atoms with Gasteiger partial charge in [0.15, 0.2) is 0 Å². The van der Waals surface area contributed by atoms with Crippen molar-refractivity contribution in [2.45, 2.75) is 19.9 Å². The molecule has 2 N–H and O–H groups in total. The van der Waals surface area contributed by atoms with Crippen LogP contribution in [0.1, 0.15) is 25.5 Å². The van der Waals surface area contributed by atoms with E-state index < -0.39 is 0 Å². The van der Waals surface area contributed by atoms with Crippen molar-refractivity contribution in [3.63, 3.8) is 0 Å². The van der Waals surface area contributed by atoms with Gasteiger partial charge in [0.1, 0.15) is 18.2 Å². The summed E-state index contributed by atoms with van der Waals surface area (Å²) in [4.78, 5) is 0. The highest BCUT2D eigenvalue weighted by Gasteiger charge is 2.08. The Morgan fingerprint density at radius 3 is 2.87 bits per heavy atom. The molecule has 0 fully saturated rings. The highest BCUT2D eigenvalue weighted by molar-refractivity contribution is 5.36. The van der Waals surface area contributed by atoms with Crippen LogP contribution < -0.4 is 10.5 Å². The normalized spacial score (nSPS) is 13.1. The fraction of sp³-hybridized carbons (Fsp3) is 0.333. The molecule has 2 nitrogen and oxygen atoms in total. The number of nitrogens with two attached hydrogens (primary N) is 1. The van der Waals surface area contributed by atoms with Crippen LogP contribution in [0.25, 0.3) is 0 Å². The van der Waals surface area contributed by atoms with Crippen LogP contribution in [0.5, 0.6) is 5.75 Å². The van der Waals surface area contributed by atoms with E-state index in [9.17, 15) is 4.39 Å². The first-order chi connectivity index (χ1) is 7.15. The molecule has 0 amide bonds. The Morgan fingerprint density at radius 1 is 1.53 bits per heavy atom. The van der Waals surface area contributed by atoms with E-state index in [4.69, 9.17) is 10.5 Å². The predicted octanol–water partition coefficient (Wildman–Crippen LogP) is 2.80. The van der Waals surface area contributed by atoms with Crippen LogP contribution in [-0.2, 0) is 0 Å². The zero-order valence-electron chi connectivity index (χ0n) is 9.03. The van der Waals surface area contributed by atoms with Crippen LogP contribution >= 0.6 is 0 Å². The molecule has 0 saturated heterocycles. The van der Waals surface area contributed by atoms with E-state index in [0.29, 0.717) is 12.4 Å². The Morgan fingerprint density at radius 2 is 2.27 bits per heavy atom. The third kappa shape index (κ3) is 3.36. The third-order valence-corrected chi connectivity index (χ3v) is 2.04. The van der Waals surface area contributed by atoms with Crippen molar-refractivity contribution in [2.24, 2.45) is 5.73 Å². The number of hydrogen-bond acceptors (Lipinski definition) is 2. The lowest BCUT2D eigenvalue weighted by Gasteiger charge is -2.12. The lowest BCUT2D eigenvalue weighted by atomic mass is 10.1. The summed E-state index contributed by atoms with van der Waals surface area (Å²) in [5.41, 5.74) is 6.57. The Hall–Kier alpha value is -1.35. The van der Waals surface area contributed by atoms with Crippen LogP contribution in [-0.4, -0.2) is 6.61 Å². The Bertz CT molecular complexity index is 347. The summed E-state index contributed by atoms with van der Waals surface area (Å²) in [5.74, 6) is 0.206. The van der Waals surface area contributed by atoms with E-state index in [0.717, 1.165) is 5.56 Å². The van der Waals surface area contributed by atoms with Crippen molar-refractivity contribution in [3.8, 4) is 5.75 Å². The first-order valence-electron chi connectivity index (χ1n) is 4.94. The van der Waals surface area contributed by atoms with E-state index in [1.807, 2.05) is 26.0 Å². The van der Waals surface area contributed by atoms with E-state index in [2.05, 4.69) is 0 Å². The third-order valence-electron chi connectivity index (χ3n) is 2.04. The molecule has 0 aliphatic rings. The van der Waals surface area contributed by atoms with E-state index in [1.54, 1.807) is 6.07 Å². The molecule has 15 heavy (non-hydrogen) atoms. The van der Waals surface area contributed by atoms with Crippen molar-refractivity contribution in [1.82, 2.24) is 0 Å². The van der Waals surface area contributed by atoms with Gasteiger partial charge in [-0.15, -0.1) is 0 Å². The van der Waals surface area contributed by atoms with Crippen LogP contribution in [0.15, 0.2) is 30.4 Å². The second kappa shape index (κ2) is 5.51. The maximum absolute atomic E-state index is 13.0. The van der Waals surface area contributed by atoms with Crippen molar-refractivity contribution >= 4 is 0 Å². The molecule has 1 unspecified atom stereocenters. The van der Waals surface area contributed by atoms with Crippen LogP contribution in [0.2, 0.25) is 0 Å². The second-order valence-electron chi connectivity index (χ2n) is 3.35. The molecule has 0 bridgehead atoms. The molecule has 0 aliphatic heterocycles. The molecule has 0 spiro atoms. The number of ether oxygens (including phenoxy) is 1. The molecule has 1 aromatic carbocycles. The van der Waals surface area contributed by atoms with Crippen molar-refractivity contribution in [3.05, 3.63) is 41.7 Å². The summed E-state index contributed by atoms with van der Waals surface area (Å²) in [6, 6.07) is 4.25. The van der Waals surface area contributed by atoms with Gasteiger partial charge in [0.05, 0.1) is 0 Å². The monoisotopic (exact) mass is 209 g/mol. The Kier molecular flexibility index (Phi) is 4.31. The van der Waals surface area contributed by atoms with Gasteiger partial charge in [-0.05, 0) is 19.9 Å². The quantitative estimate of drug-likeness (QED) is 0.774. The zero-order valence-corrected chi connectivity index (χ0v) is 9.03. The van der Waals surface area contributed by atoms with Gasteiger partial charge in [0.25, 0.3) is 0 Å². The SMILES string of the molecule is CC=CCOc1cc(F)ccc1C(C)N. The molecular weight excluding hydrogens is 193 g/mol. The number of halogens is 1. The van der Waals surface area contributed by atoms with Crippen molar-refractivity contribution in [1.29, 1.82) is 0 Å². The van der Waals surface area contributed by atoms with E-state index in [1.165, 1.54) is 12.1 Å². The minimum atomic E-state index is -0.310. The lowest BCUT2D eigenvalue weighted by Crippen LogP contribution is -2.08. The molecule has 1 aromatic rings. The number of rotatable bonds is 4. The molecule has 0 saturated carbocycles. The number of benzene rings is 1. The second-order valence-corrected chi connectivity index (χ2v) is 3.35. The summed E-state index contributed by atoms with van der Waals surface area (Å²) in [6.45, 7) is 4.18. The summed E-state index contributed by atoms with van der Waals surface area (Å²) >= 11 is 0. The van der Waals surface area contributed by atoms with Gasteiger partial charge < -0.3 is 10.5 Å². The van der Waals surface area contributed by atoms with Crippen LogP contribution in [0.3, 0.4) is 0 Å². The lowest BCUT2D eigenvalue weighted by molar-refractivity contribution is 0.354. The van der Waals surface area contributed by atoms with Crippen molar-refractivity contribution < 1.29 is 9.13 Å². The van der Waals surface area contributed by atoms with Crippen molar-refractivity contribution in [2.75, 3.05) is 6.61 Å². The summed E-state index contributed by atoms with van der Waals surface area (Å²) in [6.07, 6.45) is 3.74. The molecular formula is C12H16FNO. The predicted molar refractivity (Wildman–Crippen MR) is 59.3 cm³/mol. The molecule has 0 aliphatic carbocycles. The average molecular weight is 209 g/mol. The van der Waals surface area contributed by atoms with Gasteiger partial charge in [0.2, 0.25) is 0 Å². The molecule has 0 aromatic heterocycles. The van der Waals surface area contributed by atoms with Crippen LogP contribution in [0.4, 0.5) is 4.39 Å². The Balaban J connectivity index is 2.86. The Labute approximate surface area is 89.6 Å². The maximum atomic E-state index is 13.0. The molecule has 0 radical (unpaired) electrons. The minimum Gasteiger partial charge on any atom is -0.489 e. The molecule has 1 atom stereocenters. The topological polar surface area (TPSA) is 35.2 Å². The smallest absolute Gasteiger partial charge is 0.127 e. The average Bonchev–Trinajstić information content (AvgIpc) is 2.18. The fourth-order valence-electron chi connectivity index (χ4n) is 1.24. The van der Waals surface area contributed by atoms with Gasteiger partial charge in [-0.25, -0.2) is 4.39 Å². The van der Waals surface area contributed by atoms with Gasteiger partial charge in [-0.1, -0.05) is 18.2 Å². The number of hydrogen-bond donors (Lipinski definition) is 1. The molecule has 0 heterocycles. The summed E-state index contributed by atoms with van der Waals surface area (Å²) < 4.78 is 18.4.